The molecule has 0 radical (unpaired) electrons. The summed E-state index contributed by atoms with van der Waals surface area (Å²) >= 11 is 0. The fraction of sp³-hybridized carbons (Fsp3) is 0.467. The molecule has 6 heteroatoms. The Morgan fingerprint density at radius 3 is 2.62 bits per heavy atom. The number of hydrogen-bond donors (Lipinski definition) is 1. The summed E-state index contributed by atoms with van der Waals surface area (Å²) in [5, 5.41) is 9.29. The van der Waals surface area contributed by atoms with Gasteiger partial charge in [-0.1, -0.05) is 13.0 Å². The SMILES string of the molecule is Cc1ccc(F)c(C(=O)N2CCCC(C)C2C(=O)O)c1F. The number of amides is 1. The standard InChI is InChI=1S/C15H17F2NO3/c1-8-5-6-10(16)11(12(8)17)14(19)18-7-3-4-9(2)13(18)15(20)21/h5-6,9,13H,3-4,7H2,1-2H3,(H,20,21). The first-order chi connectivity index (χ1) is 9.84. The maximum absolute atomic E-state index is 14.1. The number of carboxylic acid groups (broad SMARTS) is 1. The van der Waals surface area contributed by atoms with Crippen LogP contribution in [0.2, 0.25) is 0 Å². The lowest BCUT2D eigenvalue weighted by Crippen LogP contribution is -2.52. The van der Waals surface area contributed by atoms with Gasteiger partial charge in [-0.05, 0) is 37.3 Å². The zero-order valence-electron chi connectivity index (χ0n) is 11.9. The third kappa shape index (κ3) is 2.75. The number of halogens is 2. The number of rotatable bonds is 2. The summed E-state index contributed by atoms with van der Waals surface area (Å²) in [6, 6.07) is 1.22. The van der Waals surface area contributed by atoms with Gasteiger partial charge in [0.25, 0.3) is 5.91 Å². The van der Waals surface area contributed by atoms with Gasteiger partial charge in [-0.15, -0.1) is 0 Å². The summed E-state index contributed by atoms with van der Waals surface area (Å²) in [6.45, 7) is 3.34. The van der Waals surface area contributed by atoms with Gasteiger partial charge in [-0.3, -0.25) is 4.79 Å². The lowest BCUT2D eigenvalue weighted by Gasteiger charge is -2.37. The molecule has 2 unspecified atom stereocenters. The van der Waals surface area contributed by atoms with E-state index in [1.165, 1.54) is 13.0 Å². The zero-order valence-corrected chi connectivity index (χ0v) is 11.9. The average molecular weight is 297 g/mol. The van der Waals surface area contributed by atoms with Gasteiger partial charge < -0.3 is 10.0 Å². The van der Waals surface area contributed by atoms with Crippen LogP contribution in [-0.4, -0.2) is 34.5 Å². The van der Waals surface area contributed by atoms with Crippen molar-refractivity contribution in [1.29, 1.82) is 0 Å². The van der Waals surface area contributed by atoms with Crippen LogP contribution in [0.5, 0.6) is 0 Å². The number of hydrogen-bond acceptors (Lipinski definition) is 2. The summed E-state index contributed by atoms with van der Waals surface area (Å²) in [5.41, 5.74) is -0.521. The van der Waals surface area contributed by atoms with Gasteiger partial charge in [0.05, 0.1) is 0 Å². The van der Waals surface area contributed by atoms with E-state index in [0.29, 0.717) is 12.8 Å². The van der Waals surface area contributed by atoms with Crippen LogP contribution in [0.4, 0.5) is 8.78 Å². The summed E-state index contributed by atoms with van der Waals surface area (Å²) in [7, 11) is 0. The van der Waals surface area contributed by atoms with Crippen LogP contribution in [0.1, 0.15) is 35.7 Å². The maximum atomic E-state index is 14.1. The van der Waals surface area contributed by atoms with Crippen molar-refractivity contribution in [3.8, 4) is 0 Å². The Bertz CT molecular complexity index is 589. The van der Waals surface area contributed by atoms with Gasteiger partial charge in [-0.25, -0.2) is 13.6 Å². The third-order valence-corrected chi connectivity index (χ3v) is 3.95. The molecule has 1 N–H and O–H groups in total. The predicted octanol–water partition coefficient (Wildman–Crippen LogP) is 2.60. The molecule has 1 heterocycles. The largest absolute Gasteiger partial charge is 0.480 e. The minimum Gasteiger partial charge on any atom is -0.480 e. The lowest BCUT2D eigenvalue weighted by molar-refractivity contribution is -0.145. The normalized spacial score (nSPS) is 22.2. The first kappa shape index (κ1) is 15.4. The number of nitrogens with zero attached hydrogens (tertiary/aromatic N) is 1. The molecule has 0 bridgehead atoms. The molecule has 1 aliphatic rings. The molecule has 1 aliphatic heterocycles. The molecule has 1 aromatic carbocycles. The van der Waals surface area contributed by atoms with Crippen LogP contribution in [0.3, 0.4) is 0 Å². The number of benzene rings is 1. The summed E-state index contributed by atoms with van der Waals surface area (Å²) in [4.78, 5) is 24.9. The zero-order chi connectivity index (χ0) is 15.7. The molecule has 21 heavy (non-hydrogen) atoms. The highest BCUT2D eigenvalue weighted by Gasteiger charge is 2.39. The molecule has 2 atom stereocenters. The first-order valence-corrected chi connectivity index (χ1v) is 6.83. The monoisotopic (exact) mass is 297 g/mol. The number of carbonyl (C=O) groups excluding carboxylic acids is 1. The van der Waals surface area contributed by atoms with Gasteiger partial charge in [0.2, 0.25) is 0 Å². The third-order valence-electron chi connectivity index (χ3n) is 3.95. The highest BCUT2D eigenvalue weighted by Crippen LogP contribution is 2.27. The number of carboxylic acids is 1. The fourth-order valence-electron chi connectivity index (χ4n) is 2.79. The molecule has 4 nitrogen and oxygen atoms in total. The lowest BCUT2D eigenvalue weighted by atomic mass is 9.90. The van der Waals surface area contributed by atoms with Crippen molar-refractivity contribution in [3.63, 3.8) is 0 Å². The molecule has 1 aromatic rings. The molecule has 1 amide bonds. The van der Waals surface area contributed by atoms with Crippen LogP contribution in [0, 0.1) is 24.5 Å². The minimum atomic E-state index is -1.15. The highest BCUT2D eigenvalue weighted by atomic mass is 19.1. The number of aryl methyl sites for hydroxylation is 1. The Labute approximate surface area is 121 Å². The molecule has 0 aromatic heterocycles. The Balaban J connectivity index is 2.43. The Morgan fingerprint density at radius 1 is 1.33 bits per heavy atom. The van der Waals surface area contributed by atoms with Crippen molar-refractivity contribution in [2.24, 2.45) is 5.92 Å². The number of likely N-dealkylation sites (tertiary alicyclic amines) is 1. The second-order valence-electron chi connectivity index (χ2n) is 5.45. The Hall–Kier alpha value is -1.98. The predicted molar refractivity (Wildman–Crippen MR) is 72.0 cm³/mol. The van der Waals surface area contributed by atoms with Gasteiger partial charge in [0.15, 0.2) is 0 Å². The molecule has 1 fully saturated rings. The Kier molecular flexibility index (Phi) is 4.25. The summed E-state index contributed by atoms with van der Waals surface area (Å²) in [6.07, 6.45) is 1.28. The fourth-order valence-corrected chi connectivity index (χ4v) is 2.79. The van der Waals surface area contributed by atoms with Gasteiger partial charge in [0.1, 0.15) is 23.2 Å². The van der Waals surface area contributed by atoms with Crippen molar-refractivity contribution in [2.45, 2.75) is 32.7 Å². The molecule has 1 saturated heterocycles. The Morgan fingerprint density at radius 2 is 2.00 bits per heavy atom. The minimum absolute atomic E-state index is 0.150. The van der Waals surface area contributed by atoms with E-state index >= 15 is 0 Å². The molecule has 2 rings (SSSR count). The van der Waals surface area contributed by atoms with Crippen LogP contribution in [-0.2, 0) is 4.79 Å². The number of aliphatic carboxylic acids is 1. The van der Waals surface area contributed by atoms with Gasteiger partial charge in [-0.2, -0.15) is 0 Å². The second-order valence-corrected chi connectivity index (χ2v) is 5.45. The topological polar surface area (TPSA) is 57.6 Å². The number of piperidine rings is 1. The molecule has 114 valence electrons. The van der Waals surface area contributed by atoms with E-state index < -0.39 is 35.1 Å². The van der Waals surface area contributed by atoms with Crippen LogP contribution >= 0.6 is 0 Å². The second kappa shape index (κ2) is 5.79. The van der Waals surface area contributed by atoms with Crippen LogP contribution in [0.15, 0.2) is 12.1 Å². The molecular weight excluding hydrogens is 280 g/mol. The highest BCUT2D eigenvalue weighted by molar-refractivity contribution is 5.97. The van der Waals surface area contributed by atoms with E-state index in [0.717, 1.165) is 11.0 Å². The average Bonchev–Trinajstić information content (AvgIpc) is 2.42. The van der Waals surface area contributed by atoms with Crippen molar-refractivity contribution < 1.29 is 23.5 Å². The molecule has 0 aliphatic carbocycles. The summed E-state index contributed by atoms with van der Waals surface area (Å²) < 4.78 is 27.9. The molecule has 0 saturated carbocycles. The van der Waals surface area contributed by atoms with Crippen molar-refractivity contribution in [2.75, 3.05) is 6.54 Å². The van der Waals surface area contributed by atoms with E-state index in [1.807, 2.05) is 0 Å². The maximum Gasteiger partial charge on any atom is 0.326 e. The van der Waals surface area contributed by atoms with Crippen molar-refractivity contribution in [1.82, 2.24) is 4.90 Å². The summed E-state index contributed by atoms with van der Waals surface area (Å²) in [5.74, 6) is -4.19. The molecular formula is C15H17F2NO3. The number of carbonyl (C=O) groups is 2. The van der Waals surface area contributed by atoms with Crippen molar-refractivity contribution >= 4 is 11.9 Å². The molecule has 0 spiro atoms. The van der Waals surface area contributed by atoms with Gasteiger partial charge in [0, 0.05) is 6.54 Å². The quantitative estimate of drug-likeness (QED) is 0.913. The van der Waals surface area contributed by atoms with E-state index in [1.54, 1.807) is 6.92 Å². The smallest absolute Gasteiger partial charge is 0.326 e. The van der Waals surface area contributed by atoms with Crippen molar-refractivity contribution in [3.05, 3.63) is 34.9 Å². The first-order valence-electron chi connectivity index (χ1n) is 6.83. The van der Waals surface area contributed by atoms with Crippen LogP contribution in [0.25, 0.3) is 0 Å². The van der Waals surface area contributed by atoms with Crippen LogP contribution < -0.4 is 0 Å². The van der Waals surface area contributed by atoms with E-state index in [9.17, 15) is 23.5 Å². The van der Waals surface area contributed by atoms with Gasteiger partial charge >= 0.3 is 5.97 Å². The van der Waals surface area contributed by atoms with E-state index in [4.69, 9.17) is 0 Å². The van der Waals surface area contributed by atoms with E-state index in [2.05, 4.69) is 0 Å². The van der Waals surface area contributed by atoms with E-state index in [-0.39, 0.29) is 18.0 Å².